The van der Waals surface area contributed by atoms with E-state index >= 15 is 0 Å². The van der Waals surface area contributed by atoms with Crippen LogP contribution in [0.4, 0.5) is 0 Å². The van der Waals surface area contributed by atoms with E-state index in [1.165, 1.54) is 25.0 Å². The van der Waals surface area contributed by atoms with Gasteiger partial charge in [-0.1, -0.05) is 26.1 Å². The predicted octanol–water partition coefficient (Wildman–Crippen LogP) is 0.230. The lowest BCUT2D eigenvalue weighted by atomic mass is 10.0. The number of aromatic amines is 1. The molecule has 1 rings (SSSR count). The Balaban J connectivity index is 2.98. The molecule has 4 amide bonds. The normalized spacial score (nSPS) is 14.4. The van der Waals surface area contributed by atoms with Gasteiger partial charge in [-0.05, 0) is 63.9 Å². The van der Waals surface area contributed by atoms with Crippen LogP contribution in [0.3, 0.4) is 0 Å². The van der Waals surface area contributed by atoms with Crippen molar-refractivity contribution in [3.63, 3.8) is 0 Å². The highest BCUT2D eigenvalue weighted by Crippen LogP contribution is 2.10. The van der Waals surface area contributed by atoms with E-state index in [0.29, 0.717) is 35.8 Å². The summed E-state index contributed by atoms with van der Waals surface area (Å²) in [5, 5.41) is 23.1. The maximum absolute atomic E-state index is 13.5. The van der Waals surface area contributed by atoms with Crippen LogP contribution in [0.5, 0.6) is 0 Å². The minimum absolute atomic E-state index is 0.00118. The maximum atomic E-state index is 13.5. The Bertz CT molecular complexity index is 1090. The molecule has 0 saturated heterocycles. The van der Waals surface area contributed by atoms with Crippen molar-refractivity contribution in [2.75, 3.05) is 18.6 Å². The number of nitrogens with two attached hydrogens (primary N) is 1. The number of carboxylic acids is 1. The monoisotopic (exact) mass is 656 g/mol. The molecule has 5 atom stereocenters. The minimum Gasteiger partial charge on any atom is -0.480 e. The maximum Gasteiger partial charge on any atom is 0.326 e. The van der Waals surface area contributed by atoms with E-state index < -0.39 is 59.8 Å². The average Bonchev–Trinajstić information content (AvgIpc) is 3.46. The summed E-state index contributed by atoms with van der Waals surface area (Å²) in [7, 11) is 0. The smallest absolute Gasteiger partial charge is 0.326 e. The summed E-state index contributed by atoms with van der Waals surface area (Å²) in [5.41, 5.74) is 6.64. The lowest BCUT2D eigenvalue weighted by Crippen LogP contribution is -2.58. The highest BCUT2D eigenvalue weighted by atomic mass is 32.2. The van der Waals surface area contributed by atoms with Crippen LogP contribution in [-0.2, 0) is 30.4 Å². The lowest BCUT2D eigenvalue weighted by molar-refractivity contribution is -0.142. The SMILES string of the molecule is CSCC[C@H](NC(=O)[C@H](CC(C)C)NC(=O)[C@H](CCCCNC(C)=S)NC(=O)[C@H](C)NC(=O)[C@@H](N)Cc1cnc[nH]1)C(=O)O. The van der Waals surface area contributed by atoms with Crippen LogP contribution in [0.2, 0.25) is 0 Å². The summed E-state index contributed by atoms with van der Waals surface area (Å²) in [6.45, 7) is 7.58. The molecular formula is C28H48N8O6S2. The van der Waals surface area contributed by atoms with Crippen molar-refractivity contribution in [1.82, 2.24) is 36.6 Å². The first-order chi connectivity index (χ1) is 20.7. The van der Waals surface area contributed by atoms with Crippen LogP contribution < -0.4 is 32.3 Å². The van der Waals surface area contributed by atoms with Gasteiger partial charge in [0.05, 0.1) is 17.4 Å². The summed E-state index contributed by atoms with van der Waals surface area (Å²) in [5.74, 6) is -2.98. The highest BCUT2D eigenvalue weighted by molar-refractivity contribution is 7.98. The molecule has 0 bridgehead atoms. The predicted molar refractivity (Wildman–Crippen MR) is 174 cm³/mol. The van der Waals surface area contributed by atoms with E-state index in [1.54, 1.807) is 13.1 Å². The Hall–Kier alpha value is -3.24. The number of rotatable bonds is 21. The van der Waals surface area contributed by atoms with Crippen molar-refractivity contribution in [3.8, 4) is 0 Å². The molecule has 0 unspecified atom stereocenters. The first-order valence-electron chi connectivity index (χ1n) is 14.7. The van der Waals surface area contributed by atoms with Crippen LogP contribution in [0.25, 0.3) is 0 Å². The number of nitrogens with zero attached hydrogens (tertiary/aromatic N) is 1. The van der Waals surface area contributed by atoms with Gasteiger partial charge in [-0.3, -0.25) is 19.2 Å². The van der Waals surface area contributed by atoms with Crippen molar-refractivity contribution in [3.05, 3.63) is 18.2 Å². The molecule has 248 valence electrons. The Morgan fingerprint density at radius 2 is 1.59 bits per heavy atom. The number of hydrogen-bond donors (Lipinski definition) is 8. The summed E-state index contributed by atoms with van der Waals surface area (Å²) in [6, 6.07) is -5.08. The van der Waals surface area contributed by atoms with Crippen LogP contribution in [-0.4, -0.2) is 98.4 Å². The second kappa shape index (κ2) is 20.7. The first-order valence-corrected chi connectivity index (χ1v) is 16.5. The number of aromatic nitrogens is 2. The third-order valence-corrected chi connectivity index (χ3v) is 7.36. The van der Waals surface area contributed by atoms with Crippen molar-refractivity contribution in [1.29, 1.82) is 0 Å². The van der Waals surface area contributed by atoms with Gasteiger partial charge in [0.25, 0.3) is 0 Å². The number of aliphatic carboxylic acids is 1. The summed E-state index contributed by atoms with van der Waals surface area (Å²) in [4.78, 5) is 71.4. The molecule has 0 aliphatic carbocycles. The number of imidazole rings is 1. The molecule has 0 aliphatic rings. The van der Waals surface area contributed by atoms with Gasteiger partial charge in [0.15, 0.2) is 0 Å². The average molecular weight is 657 g/mol. The Kier molecular flexibility index (Phi) is 18.2. The molecular weight excluding hydrogens is 608 g/mol. The standard InChI is InChI=1S/C28H48N8O6S2/c1-16(2)12-23(27(40)35-22(28(41)42)9-11-44-5)36-26(39)21(8-6-7-10-31-18(4)43)34-24(37)17(3)33-25(38)20(29)13-19-14-30-15-32-19/h14-17,20-23H,6-13,29H2,1-5H3,(H,30,32)(H,31,43)(H,33,38)(H,34,37)(H,35,40)(H,36,39)(H,41,42)/t17-,20-,21-,22-,23-/m0/s1. The van der Waals surface area contributed by atoms with Crippen molar-refractivity contribution in [2.24, 2.45) is 11.7 Å². The van der Waals surface area contributed by atoms with Gasteiger partial charge in [-0.25, -0.2) is 9.78 Å². The van der Waals surface area contributed by atoms with E-state index in [2.05, 4.69) is 36.6 Å². The number of H-pyrrole nitrogens is 1. The van der Waals surface area contributed by atoms with Gasteiger partial charge in [-0.2, -0.15) is 11.8 Å². The van der Waals surface area contributed by atoms with E-state index in [4.69, 9.17) is 18.0 Å². The molecule has 0 saturated carbocycles. The third kappa shape index (κ3) is 15.5. The van der Waals surface area contributed by atoms with E-state index in [0.717, 1.165) is 0 Å². The zero-order chi connectivity index (χ0) is 33.2. The zero-order valence-electron chi connectivity index (χ0n) is 26.1. The molecule has 0 radical (unpaired) electrons. The van der Waals surface area contributed by atoms with Crippen LogP contribution in [0, 0.1) is 5.92 Å². The Morgan fingerprint density at radius 1 is 0.955 bits per heavy atom. The minimum atomic E-state index is -1.16. The van der Waals surface area contributed by atoms with Gasteiger partial charge in [0.2, 0.25) is 23.6 Å². The van der Waals surface area contributed by atoms with Crippen molar-refractivity contribution >= 4 is 58.6 Å². The van der Waals surface area contributed by atoms with Gasteiger partial charge >= 0.3 is 5.97 Å². The van der Waals surface area contributed by atoms with Gasteiger partial charge < -0.3 is 42.4 Å². The number of carboxylic acid groups (broad SMARTS) is 1. The number of hydrogen-bond acceptors (Lipinski definition) is 9. The first kappa shape index (κ1) is 38.8. The molecule has 1 heterocycles. The molecule has 9 N–H and O–H groups in total. The topological polar surface area (TPSA) is 220 Å². The number of thiocarbonyl (C=S) groups is 1. The number of amides is 4. The second-order valence-corrected chi connectivity index (χ2v) is 12.6. The number of carbonyl (C=O) groups excluding carboxylic acids is 4. The summed E-state index contributed by atoms with van der Waals surface area (Å²) < 4.78 is 0. The van der Waals surface area contributed by atoms with E-state index in [1.807, 2.05) is 20.1 Å². The number of unbranched alkanes of at least 4 members (excludes halogenated alkanes) is 1. The molecule has 44 heavy (non-hydrogen) atoms. The molecule has 16 heteroatoms. The molecule has 0 aromatic carbocycles. The molecule has 0 aliphatic heterocycles. The molecule has 0 spiro atoms. The summed E-state index contributed by atoms with van der Waals surface area (Å²) in [6.07, 6.45) is 6.99. The van der Waals surface area contributed by atoms with Gasteiger partial charge in [0, 0.05) is 24.9 Å². The largest absolute Gasteiger partial charge is 0.480 e. The molecule has 0 fully saturated rings. The van der Waals surface area contributed by atoms with Crippen LogP contribution in [0.15, 0.2) is 12.5 Å². The van der Waals surface area contributed by atoms with Gasteiger partial charge in [-0.15, -0.1) is 0 Å². The van der Waals surface area contributed by atoms with Gasteiger partial charge in [0.1, 0.15) is 24.2 Å². The fourth-order valence-corrected chi connectivity index (χ4v) is 4.73. The second-order valence-electron chi connectivity index (χ2n) is 11.0. The molecule has 14 nitrogen and oxygen atoms in total. The fraction of sp³-hybridized carbons (Fsp3) is 0.679. The van der Waals surface area contributed by atoms with E-state index in [9.17, 15) is 29.1 Å². The van der Waals surface area contributed by atoms with Crippen molar-refractivity contribution < 1.29 is 29.1 Å². The lowest BCUT2D eigenvalue weighted by Gasteiger charge is -2.26. The summed E-state index contributed by atoms with van der Waals surface area (Å²) >= 11 is 6.49. The van der Waals surface area contributed by atoms with E-state index in [-0.39, 0.29) is 31.6 Å². The van der Waals surface area contributed by atoms with Crippen LogP contribution in [0.1, 0.15) is 65.5 Å². The highest BCUT2D eigenvalue weighted by Gasteiger charge is 2.31. The molecule has 1 aromatic rings. The quantitative estimate of drug-likeness (QED) is 0.0661. The molecule has 1 aromatic heterocycles. The van der Waals surface area contributed by atoms with Crippen LogP contribution >= 0.6 is 24.0 Å². The number of carbonyl (C=O) groups is 5. The fourth-order valence-electron chi connectivity index (χ4n) is 4.16. The zero-order valence-corrected chi connectivity index (χ0v) is 27.7. The Morgan fingerprint density at radius 3 is 2.16 bits per heavy atom. The number of thioether (sulfide) groups is 1. The van der Waals surface area contributed by atoms with Crippen molar-refractivity contribution in [2.45, 2.75) is 96.4 Å². The Labute approximate surface area is 268 Å². The number of nitrogens with one attached hydrogen (secondary N) is 6. The third-order valence-electron chi connectivity index (χ3n) is 6.58.